The van der Waals surface area contributed by atoms with Crippen molar-refractivity contribution >= 4 is 87.4 Å². The van der Waals surface area contributed by atoms with E-state index in [4.69, 9.17) is 44.0 Å². The average molecular weight is 648 g/mol. The van der Waals surface area contributed by atoms with Crippen LogP contribution < -0.4 is 10.1 Å². The van der Waals surface area contributed by atoms with Crippen LogP contribution in [0.1, 0.15) is 21.3 Å². The first-order valence-electron chi connectivity index (χ1n) is 11.1. The fourth-order valence-corrected chi connectivity index (χ4v) is 8.11. The SMILES string of the molecule is Cc1nnc(SCC2=C(C(=O)O)N3C(=O)[C@H](NC(=O)c4ccc(COc5c(Cl)cc(Cl)cc5Cl)o4)[C@H]3SC2)s1. The lowest BCUT2D eigenvalue weighted by Crippen LogP contribution is -2.70. The monoisotopic (exact) mass is 646 g/mol. The van der Waals surface area contributed by atoms with Crippen molar-refractivity contribution in [2.75, 3.05) is 11.5 Å². The first kappa shape index (κ1) is 28.1. The highest BCUT2D eigenvalue weighted by Gasteiger charge is 2.54. The standard InChI is InChI=1S/C23H17Cl3N4O6S3/c1-9-28-29-23(39-9)38-8-10-7-37-21-16(20(32)30(21)17(10)22(33)34)27-19(31)15-3-2-12(36-15)6-35-18-13(25)4-11(24)5-14(18)26/h2-5,16,21H,6-8H2,1H3,(H,27,31)(H,33,34)/t16-,21+/m0/s1. The van der Waals surface area contributed by atoms with E-state index in [9.17, 15) is 19.5 Å². The molecule has 2 atom stereocenters. The third-order valence-corrected chi connectivity index (χ3v) is 9.80. The Kier molecular flexibility index (Phi) is 8.36. The van der Waals surface area contributed by atoms with Gasteiger partial charge in [-0.1, -0.05) is 57.9 Å². The van der Waals surface area contributed by atoms with Crippen LogP contribution in [0.25, 0.3) is 0 Å². The molecule has 2 aromatic heterocycles. The zero-order chi connectivity index (χ0) is 27.8. The minimum Gasteiger partial charge on any atom is -0.483 e. The lowest BCUT2D eigenvalue weighted by Gasteiger charge is -2.49. The average Bonchev–Trinajstić information content (AvgIpc) is 3.53. The fraction of sp³-hybridized carbons (Fsp3) is 0.261. The van der Waals surface area contributed by atoms with E-state index in [1.807, 2.05) is 6.92 Å². The van der Waals surface area contributed by atoms with Crippen LogP contribution >= 0.6 is 69.7 Å². The Morgan fingerprint density at radius 2 is 2.00 bits per heavy atom. The zero-order valence-corrected chi connectivity index (χ0v) is 24.5. The number of rotatable bonds is 9. The molecule has 2 amide bonds. The summed E-state index contributed by atoms with van der Waals surface area (Å²) in [4.78, 5) is 39.0. The van der Waals surface area contributed by atoms with Gasteiger partial charge in [0.2, 0.25) is 0 Å². The predicted octanol–water partition coefficient (Wildman–Crippen LogP) is 5.12. The normalized spacial score (nSPS) is 18.6. The summed E-state index contributed by atoms with van der Waals surface area (Å²) in [6, 6.07) is 5.07. The molecule has 0 radical (unpaired) electrons. The van der Waals surface area contributed by atoms with Crippen LogP contribution in [0.5, 0.6) is 5.75 Å². The molecule has 16 heteroatoms. The minimum absolute atomic E-state index is 0.0348. The molecule has 3 aromatic rings. The van der Waals surface area contributed by atoms with E-state index in [0.717, 1.165) is 9.35 Å². The number of aliphatic carboxylic acids is 1. The van der Waals surface area contributed by atoms with Crippen molar-refractivity contribution in [1.82, 2.24) is 20.4 Å². The van der Waals surface area contributed by atoms with Crippen molar-refractivity contribution in [3.05, 3.63) is 67.1 Å². The number of hydrogen-bond donors (Lipinski definition) is 2. The topological polar surface area (TPSA) is 135 Å². The second-order valence-corrected chi connectivity index (χ2v) is 13.0. The van der Waals surface area contributed by atoms with E-state index in [1.54, 1.807) is 6.07 Å². The van der Waals surface area contributed by atoms with Crippen molar-refractivity contribution in [3.63, 3.8) is 0 Å². The molecule has 2 N–H and O–H groups in total. The van der Waals surface area contributed by atoms with Crippen molar-refractivity contribution < 1.29 is 28.6 Å². The van der Waals surface area contributed by atoms with Crippen LogP contribution in [-0.2, 0) is 16.2 Å². The summed E-state index contributed by atoms with van der Waals surface area (Å²) in [6.45, 7) is 1.77. The first-order chi connectivity index (χ1) is 18.6. The number of aryl methyl sites for hydroxylation is 1. The second kappa shape index (κ2) is 11.6. The fourth-order valence-electron chi connectivity index (χ4n) is 3.88. The van der Waals surface area contributed by atoms with E-state index < -0.39 is 29.2 Å². The number of fused-ring (bicyclic) bond motifs is 1. The van der Waals surface area contributed by atoms with Crippen molar-refractivity contribution in [2.45, 2.75) is 29.3 Å². The molecule has 0 spiro atoms. The molecule has 0 saturated carbocycles. The van der Waals surface area contributed by atoms with Crippen LogP contribution in [-0.4, -0.2) is 60.9 Å². The third kappa shape index (κ3) is 5.88. The molecule has 0 bridgehead atoms. The number of aromatic nitrogens is 2. The summed E-state index contributed by atoms with van der Waals surface area (Å²) in [7, 11) is 0. The van der Waals surface area contributed by atoms with Gasteiger partial charge in [0.05, 0.1) is 10.0 Å². The number of amides is 2. The molecule has 39 heavy (non-hydrogen) atoms. The third-order valence-electron chi connectivity index (χ3n) is 5.62. The second-order valence-electron chi connectivity index (χ2n) is 8.25. The van der Waals surface area contributed by atoms with Gasteiger partial charge in [-0.05, 0) is 36.8 Å². The van der Waals surface area contributed by atoms with E-state index in [2.05, 4.69) is 15.5 Å². The number of carboxylic acid groups (broad SMARTS) is 1. The number of carboxylic acids is 1. The maximum atomic E-state index is 12.9. The smallest absolute Gasteiger partial charge is 0.352 e. The minimum atomic E-state index is -1.20. The maximum Gasteiger partial charge on any atom is 0.352 e. The van der Waals surface area contributed by atoms with Gasteiger partial charge < -0.3 is 19.6 Å². The van der Waals surface area contributed by atoms with Gasteiger partial charge in [0.1, 0.15) is 34.5 Å². The number of furan rings is 1. The molecule has 0 aliphatic carbocycles. The number of hydrogen-bond acceptors (Lipinski definition) is 10. The van der Waals surface area contributed by atoms with Crippen LogP contribution in [0.3, 0.4) is 0 Å². The van der Waals surface area contributed by atoms with Gasteiger partial charge >= 0.3 is 5.97 Å². The largest absolute Gasteiger partial charge is 0.483 e. The number of β-lactam (4-membered cyclic amide) rings is 1. The van der Waals surface area contributed by atoms with Gasteiger partial charge in [-0.25, -0.2) is 4.79 Å². The van der Waals surface area contributed by atoms with Crippen LogP contribution in [0, 0.1) is 6.92 Å². The summed E-state index contributed by atoms with van der Waals surface area (Å²) in [5, 5.41) is 21.6. The highest BCUT2D eigenvalue weighted by molar-refractivity contribution is 8.01. The molecular formula is C23H17Cl3N4O6S3. The van der Waals surface area contributed by atoms with Crippen LogP contribution in [0.4, 0.5) is 0 Å². The molecule has 5 rings (SSSR count). The van der Waals surface area contributed by atoms with Gasteiger partial charge in [0.15, 0.2) is 15.8 Å². The summed E-state index contributed by atoms with van der Waals surface area (Å²) in [6.07, 6.45) is 0. The summed E-state index contributed by atoms with van der Waals surface area (Å²) in [5.74, 6) is -1.05. The van der Waals surface area contributed by atoms with Crippen molar-refractivity contribution in [2.24, 2.45) is 0 Å². The van der Waals surface area contributed by atoms with E-state index >= 15 is 0 Å². The van der Waals surface area contributed by atoms with Gasteiger partial charge in [0, 0.05) is 16.5 Å². The summed E-state index contributed by atoms with van der Waals surface area (Å²) >= 11 is 22.3. The Morgan fingerprint density at radius 3 is 2.67 bits per heavy atom. The highest BCUT2D eigenvalue weighted by Crippen LogP contribution is 2.42. The van der Waals surface area contributed by atoms with E-state index in [0.29, 0.717) is 27.9 Å². The van der Waals surface area contributed by atoms with Gasteiger partial charge in [0.25, 0.3) is 11.8 Å². The van der Waals surface area contributed by atoms with E-state index in [-0.39, 0.29) is 33.9 Å². The molecule has 1 saturated heterocycles. The number of ether oxygens (including phenoxy) is 1. The quantitative estimate of drug-likeness (QED) is 0.238. The van der Waals surface area contributed by atoms with E-state index in [1.165, 1.54) is 58.0 Å². The molecule has 1 fully saturated rings. The Hall–Kier alpha value is -2.42. The summed E-state index contributed by atoms with van der Waals surface area (Å²) in [5.41, 5.74) is 0.552. The Labute approximate surface area is 249 Å². The molecule has 204 valence electrons. The Bertz CT molecular complexity index is 1490. The summed E-state index contributed by atoms with van der Waals surface area (Å²) < 4.78 is 11.9. The van der Waals surface area contributed by atoms with Crippen molar-refractivity contribution in [1.29, 1.82) is 0 Å². The van der Waals surface area contributed by atoms with Gasteiger partial charge in [-0.3, -0.25) is 14.5 Å². The lowest BCUT2D eigenvalue weighted by atomic mass is 10.0. The highest BCUT2D eigenvalue weighted by atomic mass is 35.5. The molecule has 2 aliphatic heterocycles. The number of nitrogens with zero attached hydrogens (tertiary/aromatic N) is 3. The number of carbonyl (C=O) groups is 3. The van der Waals surface area contributed by atoms with Gasteiger partial charge in [-0.15, -0.1) is 22.0 Å². The van der Waals surface area contributed by atoms with Crippen LogP contribution in [0.15, 0.2) is 44.3 Å². The number of carbonyl (C=O) groups excluding carboxylic acids is 2. The maximum absolute atomic E-state index is 12.9. The molecule has 1 aromatic carbocycles. The molecule has 2 aliphatic rings. The number of thioether (sulfide) groups is 2. The molecular weight excluding hydrogens is 631 g/mol. The van der Waals surface area contributed by atoms with Gasteiger partial charge in [-0.2, -0.15) is 0 Å². The molecule has 4 heterocycles. The number of halogens is 3. The molecule has 10 nitrogen and oxygen atoms in total. The zero-order valence-electron chi connectivity index (χ0n) is 19.8. The number of benzene rings is 1. The van der Waals surface area contributed by atoms with Crippen LogP contribution in [0.2, 0.25) is 15.1 Å². The number of nitrogens with one attached hydrogen (secondary N) is 1. The Balaban J connectivity index is 1.21. The Morgan fingerprint density at radius 1 is 1.26 bits per heavy atom. The lowest BCUT2D eigenvalue weighted by molar-refractivity contribution is -0.148. The molecule has 0 unspecified atom stereocenters. The predicted molar refractivity (Wildman–Crippen MR) is 149 cm³/mol. The van der Waals surface area contributed by atoms with Crippen molar-refractivity contribution in [3.8, 4) is 5.75 Å². The first-order valence-corrected chi connectivity index (χ1v) is 15.1.